The predicted octanol–water partition coefficient (Wildman–Crippen LogP) is 7.48. The van der Waals surface area contributed by atoms with E-state index in [0.717, 1.165) is 43.6 Å². The van der Waals surface area contributed by atoms with E-state index in [1.807, 2.05) is 30.3 Å². The number of nitrogens with zero attached hydrogens (tertiary/aromatic N) is 2. The van der Waals surface area contributed by atoms with Crippen LogP contribution in [-0.4, -0.2) is 75.2 Å². The Kier molecular flexibility index (Phi) is 11.4. The molecule has 0 bridgehead atoms. The average molecular weight is 625 g/mol. The quantitative estimate of drug-likeness (QED) is 0.139. The van der Waals surface area contributed by atoms with Crippen molar-refractivity contribution in [2.75, 3.05) is 54.6 Å². The summed E-state index contributed by atoms with van der Waals surface area (Å²) in [7, 11) is 6.40. The highest BCUT2D eigenvalue weighted by molar-refractivity contribution is 6.42. The molecular formula is C34H39Cl2N3O4. The number of rotatable bonds is 15. The number of H-pyrrole nitrogens is 1. The largest absolute Gasteiger partial charge is 0.493 e. The lowest BCUT2D eigenvalue weighted by molar-refractivity contribution is 0.0782. The predicted molar refractivity (Wildman–Crippen MR) is 176 cm³/mol. The number of hydrogen-bond donors (Lipinski definition) is 1. The molecule has 0 radical (unpaired) electrons. The summed E-state index contributed by atoms with van der Waals surface area (Å²) in [5.41, 5.74) is 3.90. The monoisotopic (exact) mass is 623 g/mol. The van der Waals surface area contributed by atoms with Crippen molar-refractivity contribution < 1.29 is 19.0 Å². The second-order valence-electron chi connectivity index (χ2n) is 10.5. The van der Waals surface area contributed by atoms with Gasteiger partial charge in [0, 0.05) is 55.3 Å². The van der Waals surface area contributed by atoms with Crippen LogP contribution in [0.5, 0.6) is 17.2 Å². The molecule has 0 aliphatic carbocycles. The van der Waals surface area contributed by atoms with Crippen molar-refractivity contribution in [3.05, 3.63) is 100 Å². The highest BCUT2D eigenvalue weighted by Gasteiger charge is 2.23. The lowest BCUT2D eigenvalue weighted by Gasteiger charge is -2.28. The Morgan fingerprint density at radius 2 is 1.70 bits per heavy atom. The first-order valence-corrected chi connectivity index (χ1v) is 14.9. The van der Waals surface area contributed by atoms with Crippen LogP contribution >= 0.6 is 23.2 Å². The highest BCUT2D eigenvalue weighted by Crippen LogP contribution is 2.38. The van der Waals surface area contributed by atoms with Gasteiger partial charge in [-0.05, 0) is 60.8 Å². The van der Waals surface area contributed by atoms with Crippen LogP contribution in [0.2, 0.25) is 10.0 Å². The normalized spacial score (nSPS) is 11.9. The lowest BCUT2D eigenvalue weighted by atomic mass is 9.94. The number of ether oxygens (including phenoxy) is 3. The molecule has 43 heavy (non-hydrogen) atoms. The van der Waals surface area contributed by atoms with Gasteiger partial charge >= 0.3 is 0 Å². The van der Waals surface area contributed by atoms with Crippen LogP contribution in [0.15, 0.2) is 73.4 Å². The molecule has 0 fully saturated rings. The Hall–Kier alpha value is -3.65. The Bertz CT molecular complexity index is 1530. The molecule has 4 aromatic rings. The summed E-state index contributed by atoms with van der Waals surface area (Å²) in [5.74, 6) is 1.13. The summed E-state index contributed by atoms with van der Waals surface area (Å²) >= 11 is 12.7. The van der Waals surface area contributed by atoms with Crippen LogP contribution in [0, 0.1) is 0 Å². The summed E-state index contributed by atoms with van der Waals surface area (Å²) in [5, 5.41) is 2.24. The van der Waals surface area contributed by atoms with E-state index in [0.29, 0.717) is 39.4 Å². The van der Waals surface area contributed by atoms with Gasteiger partial charge < -0.3 is 24.1 Å². The number of carbonyl (C=O) groups is 1. The maximum atomic E-state index is 13.7. The summed E-state index contributed by atoms with van der Waals surface area (Å²) in [6.45, 7) is 6.90. The number of aromatic amines is 1. The molecule has 1 N–H and O–H groups in total. The van der Waals surface area contributed by atoms with Gasteiger partial charge in [-0.3, -0.25) is 9.69 Å². The third-order valence-corrected chi connectivity index (χ3v) is 8.46. The van der Waals surface area contributed by atoms with E-state index in [9.17, 15) is 4.79 Å². The number of benzene rings is 3. The van der Waals surface area contributed by atoms with E-state index in [2.05, 4.69) is 40.9 Å². The lowest BCUT2D eigenvalue weighted by Crippen LogP contribution is -2.34. The molecule has 0 spiro atoms. The van der Waals surface area contributed by atoms with Crippen molar-refractivity contribution in [2.24, 2.45) is 0 Å². The molecule has 4 rings (SSSR count). The van der Waals surface area contributed by atoms with Crippen LogP contribution < -0.4 is 14.2 Å². The van der Waals surface area contributed by atoms with Crippen molar-refractivity contribution in [3.8, 4) is 17.2 Å². The molecule has 1 unspecified atom stereocenters. The fourth-order valence-corrected chi connectivity index (χ4v) is 5.71. The van der Waals surface area contributed by atoms with E-state index in [1.54, 1.807) is 24.1 Å². The highest BCUT2D eigenvalue weighted by atomic mass is 35.5. The number of halogens is 2. The number of hydrogen-bond acceptors (Lipinski definition) is 5. The van der Waals surface area contributed by atoms with Gasteiger partial charge in [0.1, 0.15) is 0 Å². The topological polar surface area (TPSA) is 67.0 Å². The molecule has 1 amide bonds. The zero-order valence-electron chi connectivity index (χ0n) is 25.2. The van der Waals surface area contributed by atoms with Gasteiger partial charge in [-0.2, -0.15) is 0 Å². The fraction of sp³-hybridized carbons (Fsp3) is 0.324. The number of aromatic nitrogens is 1. The number of para-hydroxylation sites is 1. The van der Waals surface area contributed by atoms with Crippen LogP contribution in [0.3, 0.4) is 0 Å². The van der Waals surface area contributed by atoms with E-state index in [1.165, 1.54) is 32.3 Å². The first-order valence-electron chi connectivity index (χ1n) is 14.2. The van der Waals surface area contributed by atoms with Gasteiger partial charge in [-0.25, -0.2) is 0 Å². The zero-order valence-corrected chi connectivity index (χ0v) is 26.7. The maximum absolute atomic E-state index is 13.7. The first-order chi connectivity index (χ1) is 20.8. The molecule has 0 saturated carbocycles. The van der Waals surface area contributed by atoms with Crippen LogP contribution in [0.4, 0.5) is 0 Å². The number of nitrogens with one attached hydrogen (secondary N) is 1. The SMILES string of the molecule is C=CCN(CCc1c[nH]c2ccccc12)CCC(CN(C)C(=O)c1cc(OC)c(OC)c(OC)c1)c1ccc(Cl)c(Cl)c1. The number of carbonyl (C=O) groups excluding carboxylic acids is 1. The minimum Gasteiger partial charge on any atom is -0.493 e. The molecule has 0 saturated heterocycles. The number of fused-ring (bicyclic) bond motifs is 1. The summed E-state index contributed by atoms with van der Waals surface area (Å²) in [4.78, 5) is 21.1. The van der Waals surface area contributed by atoms with Crippen molar-refractivity contribution in [1.82, 2.24) is 14.8 Å². The Labute approximate surface area is 263 Å². The average Bonchev–Trinajstić information content (AvgIpc) is 3.44. The minimum absolute atomic E-state index is 0.00570. The standard InChI is InChI=1S/C34H39Cl2N3O4/c1-6-15-39(16-13-24-21-37-30-10-8-7-9-27(24)30)17-14-25(23-11-12-28(35)29(36)18-23)22-38(2)34(40)26-19-31(41-3)33(43-5)32(20-26)42-4/h6-12,18-21,25,37H,1,13-17,22H2,2-5H3. The molecule has 0 aliphatic heterocycles. The van der Waals surface area contributed by atoms with E-state index >= 15 is 0 Å². The molecule has 1 heterocycles. The molecule has 3 aromatic carbocycles. The van der Waals surface area contributed by atoms with Crippen LogP contribution in [-0.2, 0) is 6.42 Å². The van der Waals surface area contributed by atoms with Crippen molar-refractivity contribution >= 4 is 40.0 Å². The molecular weight excluding hydrogens is 585 g/mol. The third-order valence-electron chi connectivity index (χ3n) is 7.72. The molecule has 0 aliphatic rings. The van der Waals surface area contributed by atoms with Gasteiger partial charge in [0.25, 0.3) is 5.91 Å². The molecule has 228 valence electrons. The van der Waals surface area contributed by atoms with Crippen LogP contribution in [0.1, 0.15) is 33.8 Å². The summed E-state index contributed by atoms with van der Waals surface area (Å²) < 4.78 is 16.4. The molecule has 1 atom stereocenters. The van der Waals surface area contributed by atoms with Crippen molar-refractivity contribution in [3.63, 3.8) is 0 Å². The van der Waals surface area contributed by atoms with Gasteiger partial charge in [0.05, 0.1) is 31.4 Å². The third kappa shape index (κ3) is 7.85. The zero-order chi connectivity index (χ0) is 30.9. The summed E-state index contributed by atoms with van der Waals surface area (Å²) in [6, 6.07) is 17.4. The van der Waals surface area contributed by atoms with Crippen LogP contribution in [0.25, 0.3) is 10.9 Å². The van der Waals surface area contributed by atoms with E-state index in [4.69, 9.17) is 37.4 Å². The Morgan fingerprint density at radius 3 is 2.35 bits per heavy atom. The van der Waals surface area contributed by atoms with Crippen molar-refractivity contribution in [2.45, 2.75) is 18.8 Å². The second kappa shape index (κ2) is 15.2. The van der Waals surface area contributed by atoms with Gasteiger partial charge in [0.2, 0.25) is 5.75 Å². The van der Waals surface area contributed by atoms with Gasteiger partial charge in [0.15, 0.2) is 11.5 Å². The first kappa shape index (κ1) is 32.3. The number of amides is 1. The van der Waals surface area contributed by atoms with Gasteiger partial charge in [-0.1, -0.05) is 53.5 Å². The molecule has 1 aromatic heterocycles. The fourth-order valence-electron chi connectivity index (χ4n) is 5.40. The second-order valence-corrected chi connectivity index (χ2v) is 11.3. The van der Waals surface area contributed by atoms with E-state index < -0.39 is 0 Å². The Morgan fingerprint density at radius 1 is 0.977 bits per heavy atom. The minimum atomic E-state index is -0.161. The Balaban J connectivity index is 1.52. The molecule has 7 nitrogen and oxygen atoms in total. The van der Waals surface area contributed by atoms with Crippen molar-refractivity contribution in [1.29, 1.82) is 0 Å². The summed E-state index contributed by atoms with van der Waals surface area (Å²) in [6.07, 6.45) is 5.74. The maximum Gasteiger partial charge on any atom is 0.253 e. The molecule has 9 heteroatoms. The van der Waals surface area contributed by atoms with E-state index in [-0.39, 0.29) is 11.8 Å². The number of methoxy groups -OCH3 is 3. The number of likely N-dealkylation sites (N-methyl/N-ethyl adjacent to an activating group) is 1. The smallest absolute Gasteiger partial charge is 0.253 e. The van der Waals surface area contributed by atoms with Gasteiger partial charge in [-0.15, -0.1) is 6.58 Å².